The van der Waals surface area contributed by atoms with Crippen LogP contribution in [0.3, 0.4) is 0 Å². The van der Waals surface area contributed by atoms with E-state index in [1.807, 2.05) is 0 Å². The minimum atomic E-state index is -1.07. The van der Waals surface area contributed by atoms with Crippen LogP contribution >= 0.6 is 0 Å². The topological polar surface area (TPSA) is 97.5 Å². The monoisotopic (exact) mass is 211 g/mol. The number of rotatable bonds is 5. The van der Waals surface area contributed by atoms with E-state index < -0.39 is 6.09 Å². The number of nitrogens with two attached hydrogens (primary N) is 1. The predicted molar refractivity (Wildman–Crippen MR) is 53.7 cm³/mol. The molecule has 6 nitrogen and oxygen atoms in total. The first-order chi connectivity index (χ1) is 7.24. The lowest BCUT2D eigenvalue weighted by molar-refractivity contribution is 0.191. The molecule has 4 N–H and O–H groups in total. The van der Waals surface area contributed by atoms with Gasteiger partial charge in [-0.2, -0.15) is 0 Å². The van der Waals surface area contributed by atoms with Gasteiger partial charge in [0.2, 0.25) is 0 Å². The number of carboxylic acid groups (broad SMARTS) is 1. The summed E-state index contributed by atoms with van der Waals surface area (Å²) in [7, 11) is 0. The molecule has 0 aliphatic rings. The molecule has 1 heterocycles. The molecular weight excluding hydrogens is 198 g/mol. The SMILES string of the molecule is NCc1ccncc1OCCNC(=O)O. The molecule has 0 saturated carbocycles. The smallest absolute Gasteiger partial charge is 0.404 e. The lowest BCUT2D eigenvalue weighted by atomic mass is 10.2. The summed E-state index contributed by atoms with van der Waals surface area (Å²) in [6.07, 6.45) is 2.12. The van der Waals surface area contributed by atoms with Crippen LogP contribution in [0.25, 0.3) is 0 Å². The molecule has 6 heteroatoms. The number of carbonyl (C=O) groups is 1. The largest absolute Gasteiger partial charge is 0.490 e. The minimum absolute atomic E-state index is 0.230. The highest BCUT2D eigenvalue weighted by molar-refractivity contribution is 5.64. The van der Waals surface area contributed by atoms with Gasteiger partial charge in [-0.1, -0.05) is 0 Å². The van der Waals surface area contributed by atoms with Gasteiger partial charge in [0.15, 0.2) is 0 Å². The van der Waals surface area contributed by atoms with Crippen molar-refractivity contribution in [1.82, 2.24) is 10.3 Å². The molecule has 0 aromatic carbocycles. The zero-order valence-electron chi connectivity index (χ0n) is 8.14. The summed E-state index contributed by atoms with van der Waals surface area (Å²) in [6, 6.07) is 1.76. The van der Waals surface area contributed by atoms with Gasteiger partial charge < -0.3 is 20.9 Å². The van der Waals surface area contributed by atoms with Gasteiger partial charge in [-0.3, -0.25) is 4.98 Å². The van der Waals surface area contributed by atoms with Crippen LogP contribution in [0.4, 0.5) is 4.79 Å². The third-order valence-corrected chi connectivity index (χ3v) is 1.73. The Morgan fingerprint density at radius 2 is 2.47 bits per heavy atom. The first-order valence-corrected chi connectivity index (χ1v) is 4.46. The lowest BCUT2D eigenvalue weighted by Gasteiger charge is -2.08. The summed E-state index contributed by atoms with van der Waals surface area (Å²) < 4.78 is 5.31. The third-order valence-electron chi connectivity index (χ3n) is 1.73. The van der Waals surface area contributed by atoms with Crippen molar-refractivity contribution in [2.75, 3.05) is 13.2 Å². The molecule has 0 bridgehead atoms. The fourth-order valence-electron chi connectivity index (χ4n) is 1.03. The molecule has 1 amide bonds. The second kappa shape index (κ2) is 5.82. The molecule has 1 rings (SSSR count). The van der Waals surface area contributed by atoms with E-state index in [0.717, 1.165) is 5.56 Å². The normalized spacial score (nSPS) is 9.67. The van der Waals surface area contributed by atoms with Crippen LogP contribution < -0.4 is 15.8 Å². The molecule has 82 valence electrons. The summed E-state index contributed by atoms with van der Waals surface area (Å²) in [5.74, 6) is 0.590. The highest BCUT2D eigenvalue weighted by Crippen LogP contribution is 2.14. The van der Waals surface area contributed by atoms with Gasteiger partial charge in [-0.05, 0) is 6.07 Å². The van der Waals surface area contributed by atoms with Crippen LogP contribution in [0.5, 0.6) is 5.75 Å². The molecule has 15 heavy (non-hydrogen) atoms. The van der Waals surface area contributed by atoms with Crippen molar-refractivity contribution in [3.63, 3.8) is 0 Å². The molecule has 0 aliphatic carbocycles. The number of ether oxygens (including phenoxy) is 1. The van der Waals surface area contributed by atoms with E-state index in [9.17, 15) is 4.79 Å². The maximum absolute atomic E-state index is 10.1. The zero-order chi connectivity index (χ0) is 11.1. The average molecular weight is 211 g/mol. The van der Waals surface area contributed by atoms with Crippen LogP contribution in [0, 0.1) is 0 Å². The van der Waals surface area contributed by atoms with Gasteiger partial charge >= 0.3 is 6.09 Å². The van der Waals surface area contributed by atoms with E-state index in [1.54, 1.807) is 18.5 Å². The Morgan fingerprint density at radius 1 is 1.67 bits per heavy atom. The van der Waals surface area contributed by atoms with Gasteiger partial charge in [0, 0.05) is 18.3 Å². The van der Waals surface area contributed by atoms with E-state index in [0.29, 0.717) is 12.3 Å². The van der Waals surface area contributed by atoms with Crippen molar-refractivity contribution in [3.8, 4) is 5.75 Å². The highest BCUT2D eigenvalue weighted by atomic mass is 16.5. The van der Waals surface area contributed by atoms with Crippen molar-refractivity contribution in [1.29, 1.82) is 0 Å². The Bertz CT molecular complexity index is 330. The fourth-order valence-corrected chi connectivity index (χ4v) is 1.03. The third kappa shape index (κ3) is 3.82. The van der Waals surface area contributed by atoms with Gasteiger partial charge in [-0.15, -0.1) is 0 Å². The Labute approximate surface area is 87.1 Å². The predicted octanol–water partition coefficient (Wildman–Crippen LogP) is 0.187. The van der Waals surface area contributed by atoms with E-state index in [2.05, 4.69) is 10.3 Å². The van der Waals surface area contributed by atoms with Gasteiger partial charge in [-0.25, -0.2) is 4.79 Å². The number of nitrogens with zero attached hydrogens (tertiary/aromatic N) is 1. The maximum atomic E-state index is 10.1. The number of amides is 1. The van der Waals surface area contributed by atoms with Crippen molar-refractivity contribution in [2.24, 2.45) is 5.73 Å². The highest BCUT2D eigenvalue weighted by Gasteiger charge is 2.01. The Kier molecular flexibility index (Phi) is 4.36. The molecule has 1 aromatic rings. The molecule has 0 unspecified atom stereocenters. The Hall–Kier alpha value is -1.82. The molecule has 0 aliphatic heterocycles. The van der Waals surface area contributed by atoms with Crippen LogP contribution in [0.15, 0.2) is 18.5 Å². The number of pyridine rings is 1. The Morgan fingerprint density at radius 3 is 3.13 bits per heavy atom. The van der Waals surface area contributed by atoms with Gasteiger partial charge in [0.05, 0.1) is 12.7 Å². The summed E-state index contributed by atoms with van der Waals surface area (Å²) in [5.41, 5.74) is 6.33. The number of hydrogen-bond donors (Lipinski definition) is 3. The standard InChI is InChI=1S/C9H13N3O3/c10-5-7-1-2-11-6-8(7)15-4-3-12-9(13)14/h1-2,6,12H,3-5,10H2,(H,13,14). The lowest BCUT2D eigenvalue weighted by Crippen LogP contribution is -2.26. The molecule has 1 aromatic heterocycles. The number of aromatic nitrogens is 1. The summed E-state index contributed by atoms with van der Waals surface area (Å²) in [6.45, 7) is 0.851. The quantitative estimate of drug-likeness (QED) is 0.604. The van der Waals surface area contributed by atoms with E-state index >= 15 is 0 Å². The summed E-state index contributed by atoms with van der Waals surface area (Å²) in [5, 5.41) is 10.5. The van der Waals surface area contributed by atoms with Gasteiger partial charge in [0.1, 0.15) is 12.4 Å². The van der Waals surface area contributed by atoms with E-state index in [4.69, 9.17) is 15.6 Å². The van der Waals surface area contributed by atoms with Crippen LogP contribution in [0.2, 0.25) is 0 Å². The molecule has 0 radical (unpaired) electrons. The second-order valence-corrected chi connectivity index (χ2v) is 2.77. The molecule has 0 fully saturated rings. The second-order valence-electron chi connectivity index (χ2n) is 2.77. The molecule has 0 spiro atoms. The van der Waals surface area contributed by atoms with E-state index in [1.165, 1.54) is 0 Å². The van der Waals surface area contributed by atoms with Crippen molar-refractivity contribution < 1.29 is 14.6 Å². The maximum Gasteiger partial charge on any atom is 0.404 e. The molecule has 0 saturated heterocycles. The van der Waals surface area contributed by atoms with Crippen LogP contribution in [-0.4, -0.2) is 29.3 Å². The molecule has 0 atom stereocenters. The summed E-state index contributed by atoms with van der Waals surface area (Å²) in [4.78, 5) is 14.0. The number of hydrogen-bond acceptors (Lipinski definition) is 4. The molecular formula is C9H13N3O3. The zero-order valence-corrected chi connectivity index (χ0v) is 8.14. The van der Waals surface area contributed by atoms with Crippen molar-refractivity contribution in [2.45, 2.75) is 6.54 Å². The Balaban J connectivity index is 2.39. The van der Waals surface area contributed by atoms with Gasteiger partial charge in [0.25, 0.3) is 0 Å². The first-order valence-electron chi connectivity index (χ1n) is 4.46. The van der Waals surface area contributed by atoms with Crippen LogP contribution in [-0.2, 0) is 6.54 Å². The minimum Gasteiger partial charge on any atom is -0.490 e. The average Bonchev–Trinajstić information content (AvgIpc) is 2.24. The first kappa shape index (κ1) is 11.3. The van der Waals surface area contributed by atoms with Crippen LogP contribution in [0.1, 0.15) is 5.56 Å². The van der Waals surface area contributed by atoms with Crippen molar-refractivity contribution >= 4 is 6.09 Å². The van der Waals surface area contributed by atoms with Crippen molar-refractivity contribution in [3.05, 3.63) is 24.0 Å². The number of nitrogens with one attached hydrogen (secondary N) is 1. The fraction of sp³-hybridized carbons (Fsp3) is 0.333. The van der Waals surface area contributed by atoms with E-state index in [-0.39, 0.29) is 13.2 Å². The summed E-state index contributed by atoms with van der Waals surface area (Å²) >= 11 is 0.